The molecular weight excluding hydrogens is 400 g/mol. The van der Waals surface area contributed by atoms with E-state index in [2.05, 4.69) is 10.0 Å². The average Bonchev–Trinajstić information content (AvgIpc) is 2.64. The summed E-state index contributed by atoms with van der Waals surface area (Å²) in [5.74, 6) is -0.207. The number of nitrogen functional groups attached to an aromatic ring is 1. The van der Waals surface area contributed by atoms with Gasteiger partial charge in [0.25, 0.3) is 0 Å². The summed E-state index contributed by atoms with van der Waals surface area (Å²) < 4.78 is 26.5. The maximum atomic E-state index is 12.5. The zero-order chi connectivity index (χ0) is 19.6. The van der Waals surface area contributed by atoms with Gasteiger partial charge in [-0.15, -0.1) is 12.4 Å². The Bertz CT molecular complexity index is 979. The van der Waals surface area contributed by atoms with Crippen LogP contribution in [0.1, 0.15) is 17.5 Å². The molecule has 0 fully saturated rings. The number of nitrogens with two attached hydrogens (primary N) is 1. The van der Waals surface area contributed by atoms with Crippen molar-refractivity contribution in [1.82, 2.24) is 4.72 Å². The van der Waals surface area contributed by atoms with Gasteiger partial charge >= 0.3 is 0 Å². The van der Waals surface area contributed by atoms with E-state index in [1.807, 2.05) is 23.1 Å². The van der Waals surface area contributed by atoms with Crippen LogP contribution in [-0.4, -0.2) is 34.5 Å². The van der Waals surface area contributed by atoms with E-state index < -0.39 is 10.0 Å². The molecule has 1 amide bonds. The van der Waals surface area contributed by atoms with Crippen LogP contribution in [0, 0.1) is 6.92 Å². The molecule has 0 saturated carbocycles. The number of carbonyl (C=O) groups is 1. The van der Waals surface area contributed by atoms with Crippen LogP contribution in [0.3, 0.4) is 0 Å². The van der Waals surface area contributed by atoms with Gasteiger partial charge in [-0.1, -0.05) is 12.1 Å². The van der Waals surface area contributed by atoms with Crippen molar-refractivity contribution in [2.75, 3.05) is 36.1 Å². The monoisotopic (exact) mass is 424 g/mol. The number of anilines is 3. The van der Waals surface area contributed by atoms with E-state index in [9.17, 15) is 13.2 Å². The first kappa shape index (κ1) is 22.0. The average molecular weight is 425 g/mol. The number of aryl methyl sites for hydroxylation is 1. The molecule has 0 aliphatic carbocycles. The summed E-state index contributed by atoms with van der Waals surface area (Å²) in [6.07, 6.45) is 1.84. The third-order valence-corrected chi connectivity index (χ3v) is 6.30. The summed E-state index contributed by atoms with van der Waals surface area (Å²) in [5, 5.41) is 2.79. The molecule has 0 saturated heterocycles. The van der Waals surface area contributed by atoms with Gasteiger partial charge in [-0.3, -0.25) is 4.79 Å². The maximum Gasteiger partial charge on any atom is 0.243 e. The van der Waals surface area contributed by atoms with E-state index in [-0.39, 0.29) is 29.8 Å². The number of hydrogen-bond acceptors (Lipinski definition) is 5. The number of nitrogens with zero attached hydrogens (tertiary/aromatic N) is 1. The van der Waals surface area contributed by atoms with Gasteiger partial charge in [0, 0.05) is 23.6 Å². The van der Waals surface area contributed by atoms with Gasteiger partial charge in [0.05, 0.1) is 11.4 Å². The van der Waals surface area contributed by atoms with Gasteiger partial charge in [-0.05, 0) is 62.2 Å². The Kier molecular flexibility index (Phi) is 6.92. The molecule has 28 heavy (non-hydrogen) atoms. The van der Waals surface area contributed by atoms with E-state index in [0.717, 1.165) is 36.3 Å². The quantitative estimate of drug-likeness (QED) is 0.639. The molecule has 1 heterocycles. The van der Waals surface area contributed by atoms with Crippen LogP contribution in [0.2, 0.25) is 0 Å². The van der Waals surface area contributed by atoms with Crippen molar-refractivity contribution in [3.05, 3.63) is 47.5 Å². The summed E-state index contributed by atoms with van der Waals surface area (Å²) in [6.45, 7) is 2.67. The smallest absolute Gasteiger partial charge is 0.243 e. The molecule has 1 aliphatic heterocycles. The lowest BCUT2D eigenvalue weighted by Crippen LogP contribution is -2.37. The number of fused-ring (bicyclic) bond motifs is 1. The van der Waals surface area contributed by atoms with E-state index >= 15 is 0 Å². The second kappa shape index (κ2) is 8.81. The number of hydrogen-bond donors (Lipinski definition) is 3. The molecule has 3 rings (SSSR count). The first-order valence-corrected chi connectivity index (χ1v) is 10.3. The topological polar surface area (TPSA) is 105 Å². The summed E-state index contributed by atoms with van der Waals surface area (Å²) >= 11 is 0. The van der Waals surface area contributed by atoms with Gasteiger partial charge in [-0.2, -0.15) is 0 Å². The largest absolute Gasteiger partial charge is 0.398 e. The van der Waals surface area contributed by atoms with Crippen LogP contribution in [0.5, 0.6) is 0 Å². The van der Waals surface area contributed by atoms with Crippen LogP contribution in [0.25, 0.3) is 0 Å². The summed E-state index contributed by atoms with van der Waals surface area (Å²) in [4.78, 5) is 14.7. The second-order valence-corrected chi connectivity index (χ2v) is 8.46. The highest BCUT2D eigenvalue weighted by molar-refractivity contribution is 7.89. The minimum Gasteiger partial charge on any atom is -0.398 e. The first-order valence-electron chi connectivity index (χ1n) is 8.78. The molecular formula is C19H25ClN4O3S. The van der Waals surface area contributed by atoms with Crippen LogP contribution >= 0.6 is 12.4 Å². The highest BCUT2D eigenvalue weighted by Crippen LogP contribution is 2.31. The SMILES string of the molecule is CNS(=O)(=O)c1cc(NC(=O)CN2CCCc3c(N)cccc32)ccc1C.Cl. The van der Waals surface area contributed by atoms with E-state index in [4.69, 9.17) is 5.73 Å². The number of rotatable bonds is 5. The Morgan fingerprint density at radius 2 is 2.00 bits per heavy atom. The van der Waals surface area contributed by atoms with E-state index in [0.29, 0.717) is 11.3 Å². The lowest BCUT2D eigenvalue weighted by atomic mass is 10.00. The second-order valence-electron chi connectivity index (χ2n) is 6.61. The normalized spacial score (nSPS) is 13.4. The van der Waals surface area contributed by atoms with Gasteiger partial charge in [0.15, 0.2) is 0 Å². The Morgan fingerprint density at radius 3 is 2.71 bits per heavy atom. The third-order valence-electron chi connectivity index (χ3n) is 4.75. The molecule has 2 aromatic carbocycles. The minimum absolute atomic E-state index is 0. The van der Waals surface area contributed by atoms with Crippen LogP contribution in [0.4, 0.5) is 17.1 Å². The zero-order valence-electron chi connectivity index (χ0n) is 15.9. The standard InChI is InChI=1S/C19H24N4O3S.ClH/c1-13-8-9-14(11-18(13)27(25,26)21-2)22-19(24)12-23-10-4-5-15-16(20)6-3-7-17(15)23;/h3,6-9,11,21H,4-5,10,12,20H2,1-2H3,(H,22,24);1H. The maximum absolute atomic E-state index is 12.5. The zero-order valence-corrected chi connectivity index (χ0v) is 17.5. The molecule has 0 radical (unpaired) electrons. The van der Waals surface area contributed by atoms with E-state index in [1.54, 1.807) is 19.1 Å². The molecule has 9 heteroatoms. The van der Waals surface area contributed by atoms with Crippen molar-refractivity contribution in [3.8, 4) is 0 Å². The fraction of sp³-hybridized carbons (Fsp3) is 0.316. The molecule has 4 N–H and O–H groups in total. The van der Waals surface area contributed by atoms with E-state index in [1.165, 1.54) is 13.1 Å². The summed E-state index contributed by atoms with van der Waals surface area (Å²) in [5.41, 5.74) is 9.93. The first-order chi connectivity index (χ1) is 12.8. The van der Waals surface area contributed by atoms with Gasteiger partial charge in [0.1, 0.15) is 0 Å². The molecule has 2 aromatic rings. The predicted octanol–water partition coefficient (Wildman–Crippen LogP) is 2.30. The third kappa shape index (κ3) is 4.57. The minimum atomic E-state index is -3.58. The summed E-state index contributed by atoms with van der Waals surface area (Å²) in [7, 11) is -2.22. The number of carbonyl (C=O) groups excluding carboxylic acids is 1. The van der Waals surface area contributed by atoms with Crippen molar-refractivity contribution in [2.45, 2.75) is 24.7 Å². The molecule has 152 valence electrons. The molecule has 1 aliphatic rings. The number of benzene rings is 2. The highest BCUT2D eigenvalue weighted by atomic mass is 35.5. The summed E-state index contributed by atoms with van der Waals surface area (Å²) in [6, 6.07) is 10.6. The predicted molar refractivity (Wildman–Crippen MR) is 115 cm³/mol. The van der Waals surface area contributed by atoms with Gasteiger partial charge < -0.3 is 16.0 Å². The van der Waals surface area contributed by atoms with Crippen molar-refractivity contribution >= 4 is 45.4 Å². The molecule has 0 bridgehead atoms. The van der Waals surface area contributed by atoms with Crippen molar-refractivity contribution in [2.24, 2.45) is 0 Å². The molecule has 0 spiro atoms. The number of sulfonamides is 1. The Labute approximate surface area is 171 Å². The Morgan fingerprint density at radius 1 is 1.25 bits per heavy atom. The van der Waals surface area contributed by atoms with Crippen LogP contribution in [0.15, 0.2) is 41.3 Å². The van der Waals surface area contributed by atoms with Crippen LogP contribution < -0.4 is 20.7 Å². The fourth-order valence-corrected chi connectivity index (χ4v) is 4.34. The van der Waals surface area contributed by atoms with Crippen molar-refractivity contribution < 1.29 is 13.2 Å². The number of halogens is 1. The Balaban J connectivity index is 0.00000280. The molecule has 7 nitrogen and oxygen atoms in total. The fourth-order valence-electron chi connectivity index (χ4n) is 3.34. The number of amides is 1. The number of nitrogens with one attached hydrogen (secondary N) is 2. The highest BCUT2D eigenvalue weighted by Gasteiger charge is 2.21. The Hall–Kier alpha value is -2.29. The molecule has 0 atom stereocenters. The molecule has 0 aromatic heterocycles. The van der Waals surface area contributed by atoms with Crippen molar-refractivity contribution in [3.63, 3.8) is 0 Å². The lowest BCUT2D eigenvalue weighted by Gasteiger charge is -2.31. The lowest BCUT2D eigenvalue weighted by molar-refractivity contribution is -0.115. The van der Waals surface area contributed by atoms with Gasteiger partial charge in [0.2, 0.25) is 15.9 Å². The van der Waals surface area contributed by atoms with Crippen molar-refractivity contribution in [1.29, 1.82) is 0 Å². The molecule has 0 unspecified atom stereocenters. The van der Waals surface area contributed by atoms with Gasteiger partial charge in [-0.25, -0.2) is 13.1 Å². The van der Waals surface area contributed by atoms with Crippen LogP contribution in [-0.2, 0) is 21.2 Å².